The van der Waals surface area contributed by atoms with E-state index in [9.17, 15) is 9.59 Å². The van der Waals surface area contributed by atoms with Gasteiger partial charge in [-0.05, 0) is 56.4 Å². The van der Waals surface area contributed by atoms with Gasteiger partial charge in [0.1, 0.15) is 11.4 Å². The topological polar surface area (TPSA) is 98.1 Å². The van der Waals surface area contributed by atoms with Crippen LogP contribution in [0.15, 0.2) is 54.7 Å². The molecule has 0 aliphatic heterocycles. The fourth-order valence-corrected chi connectivity index (χ4v) is 3.30. The molecule has 1 aliphatic rings. The van der Waals surface area contributed by atoms with E-state index in [0.717, 1.165) is 25.7 Å². The van der Waals surface area contributed by atoms with Gasteiger partial charge < -0.3 is 15.4 Å². The molecule has 1 aliphatic carbocycles. The van der Waals surface area contributed by atoms with Crippen molar-refractivity contribution in [1.82, 2.24) is 25.6 Å². The molecule has 4 rings (SSSR count). The van der Waals surface area contributed by atoms with Gasteiger partial charge in [-0.3, -0.25) is 9.59 Å². The van der Waals surface area contributed by atoms with E-state index in [1.165, 1.54) is 10.2 Å². The SMILES string of the molecule is CCNC(=O)c1ccc(-n2cc(C(=O)NC3CC3)nn2)c(OCCCc2ccccc2)c1. The predicted molar refractivity (Wildman–Crippen MR) is 120 cm³/mol. The van der Waals surface area contributed by atoms with Crippen LogP contribution < -0.4 is 15.4 Å². The van der Waals surface area contributed by atoms with E-state index in [0.29, 0.717) is 30.2 Å². The van der Waals surface area contributed by atoms with Gasteiger partial charge >= 0.3 is 0 Å². The highest BCUT2D eigenvalue weighted by atomic mass is 16.5. The van der Waals surface area contributed by atoms with E-state index in [-0.39, 0.29) is 23.6 Å². The van der Waals surface area contributed by atoms with Crippen molar-refractivity contribution in [3.05, 3.63) is 71.5 Å². The molecule has 1 aromatic heterocycles. The zero-order valence-corrected chi connectivity index (χ0v) is 18.1. The molecule has 166 valence electrons. The first-order valence-electron chi connectivity index (χ1n) is 11.0. The predicted octanol–water partition coefficient (Wildman–Crippen LogP) is 2.92. The third kappa shape index (κ3) is 5.51. The van der Waals surface area contributed by atoms with Gasteiger partial charge in [-0.1, -0.05) is 35.5 Å². The number of hydrogen-bond donors (Lipinski definition) is 2. The smallest absolute Gasteiger partial charge is 0.273 e. The highest BCUT2D eigenvalue weighted by Gasteiger charge is 2.25. The van der Waals surface area contributed by atoms with E-state index in [4.69, 9.17) is 4.74 Å². The molecule has 1 saturated carbocycles. The maximum absolute atomic E-state index is 12.3. The molecule has 2 amide bonds. The third-order valence-corrected chi connectivity index (χ3v) is 5.15. The Morgan fingerprint density at radius 3 is 2.69 bits per heavy atom. The van der Waals surface area contributed by atoms with Gasteiger partial charge in [-0.25, -0.2) is 4.68 Å². The molecule has 3 aromatic rings. The summed E-state index contributed by atoms with van der Waals surface area (Å²) in [6, 6.07) is 15.6. The van der Waals surface area contributed by atoms with Crippen molar-refractivity contribution in [2.75, 3.05) is 13.2 Å². The van der Waals surface area contributed by atoms with Crippen molar-refractivity contribution >= 4 is 11.8 Å². The Bertz CT molecular complexity index is 1080. The van der Waals surface area contributed by atoms with Crippen molar-refractivity contribution in [2.45, 2.75) is 38.6 Å². The summed E-state index contributed by atoms with van der Waals surface area (Å²) in [5, 5.41) is 13.8. The number of aromatic nitrogens is 3. The van der Waals surface area contributed by atoms with Crippen molar-refractivity contribution in [1.29, 1.82) is 0 Å². The minimum absolute atomic E-state index is 0.170. The van der Waals surface area contributed by atoms with E-state index in [1.54, 1.807) is 24.4 Å². The Kier molecular flexibility index (Phi) is 6.79. The quantitative estimate of drug-likeness (QED) is 0.479. The zero-order chi connectivity index (χ0) is 22.3. The summed E-state index contributed by atoms with van der Waals surface area (Å²) < 4.78 is 7.57. The van der Waals surface area contributed by atoms with Crippen LogP contribution in [-0.4, -0.2) is 46.0 Å². The normalized spacial score (nSPS) is 12.9. The van der Waals surface area contributed by atoms with Crippen LogP contribution in [-0.2, 0) is 6.42 Å². The lowest BCUT2D eigenvalue weighted by atomic mass is 10.1. The first-order chi connectivity index (χ1) is 15.6. The van der Waals surface area contributed by atoms with Crippen molar-refractivity contribution in [3.63, 3.8) is 0 Å². The lowest BCUT2D eigenvalue weighted by Gasteiger charge is -2.13. The van der Waals surface area contributed by atoms with Crippen LogP contribution in [0.4, 0.5) is 0 Å². The molecule has 0 radical (unpaired) electrons. The number of rotatable bonds is 10. The van der Waals surface area contributed by atoms with Crippen molar-refractivity contribution in [3.8, 4) is 11.4 Å². The second kappa shape index (κ2) is 10.1. The monoisotopic (exact) mass is 433 g/mol. The minimum Gasteiger partial charge on any atom is -0.491 e. The Hall–Kier alpha value is -3.68. The van der Waals surface area contributed by atoms with Gasteiger partial charge in [0.05, 0.1) is 12.8 Å². The number of nitrogens with zero attached hydrogens (tertiary/aromatic N) is 3. The first-order valence-corrected chi connectivity index (χ1v) is 11.0. The van der Waals surface area contributed by atoms with Crippen LogP contribution in [0.2, 0.25) is 0 Å². The van der Waals surface area contributed by atoms with Crippen molar-refractivity contribution in [2.24, 2.45) is 0 Å². The Morgan fingerprint density at radius 2 is 1.94 bits per heavy atom. The number of ether oxygens (including phenoxy) is 1. The third-order valence-electron chi connectivity index (χ3n) is 5.15. The standard InChI is InChI=1S/C24H27N5O3/c1-2-25-23(30)18-10-13-21(29-16-20(27-28-29)24(31)26-19-11-12-19)22(15-18)32-14-6-9-17-7-4-3-5-8-17/h3-5,7-8,10,13,15-16,19H,2,6,9,11-12,14H2,1H3,(H,25,30)(H,26,31). The molecule has 8 heteroatoms. The summed E-state index contributed by atoms with van der Waals surface area (Å²) in [5.74, 6) is 0.111. The summed E-state index contributed by atoms with van der Waals surface area (Å²) >= 11 is 0. The number of benzene rings is 2. The van der Waals surface area contributed by atoms with Crippen LogP contribution in [0.1, 0.15) is 52.6 Å². The average Bonchev–Trinajstić information content (AvgIpc) is 3.49. The second-order valence-corrected chi connectivity index (χ2v) is 7.78. The van der Waals surface area contributed by atoms with Crippen LogP contribution in [0.3, 0.4) is 0 Å². The Morgan fingerprint density at radius 1 is 1.12 bits per heavy atom. The molecule has 8 nitrogen and oxygen atoms in total. The zero-order valence-electron chi connectivity index (χ0n) is 18.1. The molecular formula is C24H27N5O3. The fourth-order valence-electron chi connectivity index (χ4n) is 3.30. The number of carbonyl (C=O) groups is 2. The van der Waals surface area contributed by atoms with Gasteiger partial charge in [0.15, 0.2) is 5.69 Å². The second-order valence-electron chi connectivity index (χ2n) is 7.78. The summed E-state index contributed by atoms with van der Waals surface area (Å²) in [6.07, 6.45) is 5.29. The van der Waals surface area contributed by atoms with Gasteiger partial charge in [-0.15, -0.1) is 5.10 Å². The molecule has 0 spiro atoms. The summed E-state index contributed by atoms with van der Waals surface area (Å²) in [4.78, 5) is 24.6. The number of nitrogens with one attached hydrogen (secondary N) is 2. The summed E-state index contributed by atoms with van der Waals surface area (Å²) in [7, 11) is 0. The fraction of sp³-hybridized carbons (Fsp3) is 0.333. The largest absolute Gasteiger partial charge is 0.491 e. The van der Waals surface area contributed by atoms with E-state index >= 15 is 0 Å². The van der Waals surface area contributed by atoms with Crippen LogP contribution in [0, 0.1) is 0 Å². The number of hydrogen-bond acceptors (Lipinski definition) is 5. The molecule has 2 aromatic carbocycles. The molecule has 0 atom stereocenters. The Balaban J connectivity index is 1.50. The van der Waals surface area contributed by atoms with E-state index in [1.807, 2.05) is 25.1 Å². The summed E-state index contributed by atoms with van der Waals surface area (Å²) in [5.41, 5.74) is 2.62. The number of aryl methyl sites for hydroxylation is 1. The maximum Gasteiger partial charge on any atom is 0.273 e. The maximum atomic E-state index is 12.3. The van der Waals surface area contributed by atoms with Gasteiger partial charge in [0, 0.05) is 18.2 Å². The molecule has 2 N–H and O–H groups in total. The number of amides is 2. The summed E-state index contributed by atoms with van der Waals surface area (Å²) in [6.45, 7) is 2.89. The molecular weight excluding hydrogens is 406 g/mol. The van der Waals surface area contributed by atoms with Gasteiger partial charge in [-0.2, -0.15) is 0 Å². The van der Waals surface area contributed by atoms with Crippen molar-refractivity contribution < 1.29 is 14.3 Å². The average molecular weight is 434 g/mol. The van der Waals surface area contributed by atoms with E-state index < -0.39 is 0 Å². The molecule has 0 bridgehead atoms. The lowest BCUT2D eigenvalue weighted by molar-refractivity contribution is 0.0941. The minimum atomic E-state index is -0.233. The molecule has 1 heterocycles. The van der Waals surface area contributed by atoms with Gasteiger partial charge in [0.2, 0.25) is 0 Å². The lowest BCUT2D eigenvalue weighted by Crippen LogP contribution is -2.25. The molecule has 32 heavy (non-hydrogen) atoms. The number of carbonyl (C=O) groups excluding carboxylic acids is 2. The van der Waals surface area contributed by atoms with Crippen LogP contribution in [0.5, 0.6) is 5.75 Å². The first kappa shape index (κ1) is 21.5. The van der Waals surface area contributed by atoms with Crippen LogP contribution >= 0.6 is 0 Å². The molecule has 0 saturated heterocycles. The van der Waals surface area contributed by atoms with E-state index in [2.05, 4.69) is 33.1 Å². The molecule has 0 unspecified atom stereocenters. The van der Waals surface area contributed by atoms with Gasteiger partial charge in [0.25, 0.3) is 11.8 Å². The Labute approximate surface area is 187 Å². The molecule has 1 fully saturated rings. The highest BCUT2D eigenvalue weighted by molar-refractivity contribution is 5.95. The van der Waals surface area contributed by atoms with Crippen LogP contribution in [0.25, 0.3) is 5.69 Å². The highest BCUT2D eigenvalue weighted by Crippen LogP contribution is 2.25.